The van der Waals surface area contributed by atoms with E-state index in [-0.39, 0.29) is 24.3 Å². The van der Waals surface area contributed by atoms with Crippen molar-refractivity contribution in [1.29, 1.82) is 0 Å². The molecule has 8 nitrogen and oxygen atoms in total. The molecule has 0 saturated heterocycles. The van der Waals surface area contributed by atoms with Gasteiger partial charge >= 0.3 is 5.97 Å². The zero-order chi connectivity index (χ0) is 30.7. The van der Waals surface area contributed by atoms with Crippen molar-refractivity contribution in [2.24, 2.45) is 4.99 Å². The highest BCUT2D eigenvalue weighted by Crippen LogP contribution is 2.36. The molecule has 0 saturated carbocycles. The Kier molecular flexibility index (Phi) is 9.25. The Hall–Kier alpha value is -4.05. The van der Waals surface area contributed by atoms with E-state index in [0.717, 1.165) is 5.56 Å². The molecule has 222 valence electrons. The number of carbonyl (C=O) groups excluding carboxylic acids is 1. The molecule has 0 amide bonds. The van der Waals surface area contributed by atoms with Crippen LogP contribution in [-0.2, 0) is 16.1 Å². The van der Waals surface area contributed by atoms with E-state index in [1.165, 1.54) is 30.1 Å². The molecule has 1 atom stereocenters. The van der Waals surface area contributed by atoms with E-state index in [9.17, 15) is 9.59 Å². The van der Waals surface area contributed by atoms with E-state index >= 15 is 0 Å². The maximum absolute atomic E-state index is 14.1. The molecule has 2 heterocycles. The number of benzene rings is 3. The summed E-state index contributed by atoms with van der Waals surface area (Å²) in [7, 11) is 3.06. The summed E-state index contributed by atoms with van der Waals surface area (Å²) in [5.41, 5.74) is 2.44. The standard InChI is InChI=1S/C32H28Cl2N2O6S/c1-5-41-31(38)28-18(2)35-32-36(29(28)19-10-12-25(39-3)26(15-19)40-4)30(37)27(43-32)16-21-14-22(33)11-13-24(21)42-17-20-8-6-7-9-23(20)34/h6-16,29H,5,17H2,1-4H3/b27-16+/t29-/m0/s1. The Bertz CT molecular complexity index is 1910. The molecule has 4 aromatic rings. The van der Waals surface area contributed by atoms with Crippen LogP contribution in [-0.4, -0.2) is 31.4 Å². The molecule has 0 unspecified atom stereocenters. The van der Waals surface area contributed by atoms with E-state index in [1.807, 2.05) is 18.2 Å². The van der Waals surface area contributed by atoms with Gasteiger partial charge in [-0.15, -0.1) is 0 Å². The second-order valence-electron chi connectivity index (χ2n) is 9.48. The fraction of sp³-hybridized carbons (Fsp3) is 0.219. The molecular weight excluding hydrogens is 611 g/mol. The highest BCUT2D eigenvalue weighted by atomic mass is 35.5. The fourth-order valence-electron chi connectivity index (χ4n) is 4.81. The van der Waals surface area contributed by atoms with Crippen molar-refractivity contribution >= 4 is 46.6 Å². The quantitative estimate of drug-likeness (QED) is 0.219. The van der Waals surface area contributed by atoms with Crippen LogP contribution in [0, 0.1) is 0 Å². The molecule has 0 fully saturated rings. The average molecular weight is 640 g/mol. The first-order chi connectivity index (χ1) is 20.7. The summed E-state index contributed by atoms with van der Waals surface area (Å²) < 4.78 is 24.3. The molecule has 3 aromatic carbocycles. The molecule has 1 aliphatic rings. The summed E-state index contributed by atoms with van der Waals surface area (Å²) in [4.78, 5) is 32.4. The van der Waals surface area contributed by atoms with Gasteiger partial charge in [-0.05, 0) is 61.9 Å². The predicted molar refractivity (Wildman–Crippen MR) is 167 cm³/mol. The minimum atomic E-state index is -0.812. The van der Waals surface area contributed by atoms with E-state index in [2.05, 4.69) is 4.99 Å². The smallest absolute Gasteiger partial charge is 0.338 e. The number of esters is 1. The lowest BCUT2D eigenvalue weighted by Gasteiger charge is -2.25. The molecule has 0 N–H and O–H groups in total. The van der Waals surface area contributed by atoms with Crippen molar-refractivity contribution in [2.45, 2.75) is 26.5 Å². The summed E-state index contributed by atoms with van der Waals surface area (Å²) in [5.74, 6) is 0.944. The van der Waals surface area contributed by atoms with Gasteiger partial charge in [-0.25, -0.2) is 9.79 Å². The summed E-state index contributed by atoms with van der Waals surface area (Å²) in [6, 6.07) is 17.1. The maximum Gasteiger partial charge on any atom is 0.338 e. The number of halogens is 2. The molecular formula is C32H28Cl2N2O6S. The Balaban J connectivity index is 1.65. The van der Waals surface area contributed by atoms with Gasteiger partial charge in [-0.1, -0.05) is 58.8 Å². The zero-order valence-electron chi connectivity index (χ0n) is 23.9. The molecule has 1 aromatic heterocycles. The molecule has 0 radical (unpaired) electrons. The fourth-order valence-corrected chi connectivity index (χ4v) is 6.21. The molecule has 0 aliphatic carbocycles. The minimum Gasteiger partial charge on any atom is -0.493 e. The lowest BCUT2D eigenvalue weighted by atomic mass is 9.95. The van der Waals surface area contributed by atoms with Crippen LogP contribution in [0.4, 0.5) is 0 Å². The van der Waals surface area contributed by atoms with E-state index in [0.29, 0.717) is 53.5 Å². The number of rotatable bonds is 9. The molecule has 43 heavy (non-hydrogen) atoms. The van der Waals surface area contributed by atoms with Crippen LogP contribution in [0.3, 0.4) is 0 Å². The normalized spacial score (nSPS) is 14.7. The van der Waals surface area contributed by atoms with Gasteiger partial charge in [-0.2, -0.15) is 0 Å². The number of hydrogen-bond donors (Lipinski definition) is 0. The third-order valence-corrected chi connectivity index (χ3v) is 8.43. The third-order valence-electron chi connectivity index (χ3n) is 6.84. The summed E-state index contributed by atoms with van der Waals surface area (Å²) >= 11 is 13.9. The van der Waals surface area contributed by atoms with Gasteiger partial charge in [0, 0.05) is 21.2 Å². The second-order valence-corrected chi connectivity index (χ2v) is 11.3. The van der Waals surface area contributed by atoms with E-state index in [1.54, 1.807) is 62.4 Å². The van der Waals surface area contributed by atoms with Gasteiger partial charge in [-0.3, -0.25) is 9.36 Å². The first-order valence-electron chi connectivity index (χ1n) is 13.3. The summed E-state index contributed by atoms with van der Waals surface area (Å²) in [6.07, 6.45) is 1.71. The van der Waals surface area contributed by atoms with Gasteiger partial charge in [0.05, 0.1) is 42.7 Å². The zero-order valence-corrected chi connectivity index (χ0v) is 26.2. The number of aromatic nitrogens is 1. The molecule has 0 bridgehead atoms. The Morgan fingerprint density at radius 2 is 1.77 bits per heavy atom. The number of methoxy groups -OCH3 is 2. The van der Waals surface area contributed by atoms with Crippen molar-refractivity contribution < 1.29 is 23.7 Å². The van der Waals surface area contributed by atoms with Crippen molar-refractivity contribution in [3.63, 3.8) is 0 Å². The van der Waals surface area contributed by atoms with Crippen LogP contribution in [0.15, 0.2) is 81.7 Å². The van der Waals surface area contributed by atoms with E-state index < -0.39 is 12.0 Å². The SMILES string of the molecule is CCOC(=O)C1=C(C)N=c2s/c(=C/c3cc(Cl)ccc3OCc3ccccc3Cl)c(=O)n2[C@H]1c1ccc(OC)c(OC)c1. The van der Waals surface area contributed by atoms with Crippen LogP contribution >= 0.6 is 34.5 Å². The van der Waals surface area contributed by atoms with Gasteiger partial charge in [0.25, 0.3) is 5.56 Å². The Morgan fingerprint density at radius 1 is 1.02 bits per heavy atom. The van der Waals surface area contributed by atoms with Gasteiger partial charge in [0.15, 0.2) is 16.3 Å². The average Bonchev–Trinajstić information content (AvgIpc) is 3.30. The number of nitrogens with zero attached hydrogens (tertiary/aromatic N) is 2. The lowest BCUT2D eigenvalue weighted by molar-refractivity contribution is -0.139. The van der Waals surface area contributed by atoms with Crippen molar-refractivity contribution in [3.05, 3.63) is 118 Å². The number of thiazole rings is 1. The maximum atomic E-state index is 14.1. The monoisotopic (exact) mass is 638 g/mol. The number of ether oxygens (including phenoxy) is 4. The Labute approximate surface area is 262 Å². The Morgan fingerprint density at radius 3 is 2.49 bits per heavy atom. The lowest BCUT2D eigenvalue weighted by Crippen LogP contribution is -2.40. The first-order valence-corrected chi connectivity index (χ1v) is 14.9. The van der Waals surface area contributed by atoms with Crippen molar-refractivity contribution in [3.8, 4) is 17.2 Å². The topological polar surface area (TPSA) is 88.4 Å². The van der Waals surface area contributed by atoms with Crippen LogP contribution in [0.2, 0.25) is 10.0 Å². The van der Waals surface area contributed by atoms with E-state index in [4.69, 9.17) is 42.1 Å². The highest BCUT2D eigenvalue weighted by Gasteiger charge is 2.34. The van der Waals surface area contributed by atoms with Crippen LogP contribution < -0.4 is 29.1 Å². The summed E-state index contributed by atoms with van der Waals surface area (Å²) in [5, 5.41) is 1.07. The van der Waals surface area contributed by atoms with Crippen LogP contribution in [0.5, 0.6) is 17.2 Å². The van der Waals surface area contributed by atoms with Gasteiger partial charge in [0.1, 0.15) is 12.4 Å². The highest BCUT2D eigenvalue weighted by molar-refractivity contribution is 7.07. The number of hydrogen-bond acceptors (Lipinski definition) is 8. The van der Waals surface area contributed by atoms with Crippen molar-refractivity contribution in [2.75, 3.05) is 20.8 Å². The molecule has 5 rings (SSSR count). The minimum absolute atomic E-state index is 0.171. The van der Waals surface area contributed by atoms with Crippen LogP contribution in [0.1, 0.15) is 36.6 Å². The largest absolute Gasteiger partial charge is 0.493 e. The molecule has 1 aliphatic heterocycles. The van der Waals surface area contributed by atoms with Crippen molar-refractivity contribution in [1.82, 2.24) is 4.57 Å². The van der Waals surface area contributed by atoms with Gasteiger partial charge < -0.3 is 18.9 Å². The number of allylic oxidation sites excluding steroid dienone is 1. The molecule has 11 heteroatoms. The third kappa shape index (κ3) is 6.20. The predicted octanol–water partition coefficient (Wildman–Crippen LogP) is 5.70. The second kappa shape index (κ2) is 13.1. The molecule has 0 spiro atoms. The summed E-state index contributed by atoms with van der Waals surface area (Å²) in [6.45, 7) is 3.86. The van der Waals surface area contributed by atoms with Crippen LogP contribution in [0.25, 0.3) is 6.08 Å². The first kappa shape index (κ1) is 30.4. The number of carbonyl (C=O) groups is 1. The number of fused-ring (bicyclic) bond motifs is 1. The van der Waals surface area contributed by atoms with Gasteiger partial charge in [0.2, 0.25) is 0 Å².